The monoisotopic (exact) mass is 516 g/mol. The van der Waals surface area contributed by atoms with Gasteiger partial charge in [-0.25, -0.2) is 0 Å². The van der Waals surface area contributed by atoms with Gasteiger partial charge in [-0.3, -0.25) is 9.59 Å². The van der Waals surface area contributed by atoms with Gasteiger partial charge in [-0.2, -0.15) is 0 Å². The molecule has 5 rings (SSSR count). The molecule has 1 heterocycles. The Balaban J connectivity index is 1.47. The Morgan fingerprint density at radius 2 is 1.86 bits per heavy atom. The summed E-state index contributed by atoms with van der Waals surface area (Å²) in [5, 5.41) is 14.5. The Morgan fingerprint density at radius 1 is 1.16 bits per heavy atom. The molecule has 208 valence electrons. The number of amides is 1. The van der Waals surface area contributed by atoms with Crippen LogP contribution < -0.4 is 5.32 Å². The van der Waals surface area contributed by atoms with Crippen LogP contribution in [-0.2, 0) is 19.1 Å². The number of fused-ring (bicyclic) bond motifs is 4. The predicted octanol–water partition coefficient (Wildman–Crippen LogP) is 3.69. The summed E-state index contributed by atoms with van der Waals surface area (Å²) in [7, 11) is 4.40. The minimum Gasteiger partial charge on any atom is -0.457 e. The quantitative estimate of drug-likeness (QED) is 0.329. The van der Waals surface area contributed by atoms with Crippen molar-refractivity contribution in [2.75, 3.05) is 14.1 Å². The molecule has 0 aromatic rings. The summed E-state index contributed by atoms with van der Waals surface area (Å²) < 4.78 is 12.6. The zero-order valence-corrected chi connectivity index (χ0v) is 24.0. The van der Waals surface area contributed by atoms with Crippen LogP contribution in [0, 0.1) is 34.5 Å². The van der Waals surface area contributed by atoms with Crippen molar-refractivity contribution in [3.05, 3.63) is 11.6 Å². The molecule has 12 unspecified atom stereocenters. The topological polar surface area (TPSA) is 91.4 Å². The van der Waals surface area contributed by atoms with Gasteiger partial charge in [-0.15, -0.1) is 0 Å². The second kappa shape index (κ2) is 9.06. The summed E-state index contributed by atoms with van der Waals surface area (Å²) in [5.74, 6) is 1.64. The fraction of sp³-hybridized carbons (Fsp3) is 0.867. The van der Waals surface area contributed by atoms with Gasteiger partial charge in [0.1, 0.15) is 5.60 Å². The molecule has 1 saturated heterocycles. The van der Waals surface area contributed by atoms with E-state index in [-0.39, 0.29) is 17.4 Å². The molecule has 7 nitrogen and oxygen atoms in total. The van der Waals surface area contributed by atoms with Crippen molar-refractivity contribution in [2.24, 2.45) is 34.5 Å². The van der Waals surface area contributed by atoms with Crippen LogP contribution in [0.25, 0.3) is 0 Å². The number of aliphatic hydroxyl groups excluding tert-OH is 1. The van der Waals surface area contributed by atoms with E-state index in [0.717, 1.165) is 12.8 Å². The van der Waals surface area contributed by atoms with Gasteiger partial charge < -0.3 is 24.8 Å². The molecule has 0 aromatic carbocycles. The van der Waals surface area contributed by atoms with Crippen molar-refractivity contribution in [1.82, 2.24) is 10.2 Å². The highest BCUT2D eigenvalue weighted by atomic mass is 16.7. The number of aliphatic hydroxyl groups is 1. The molecule has 0 bridgehead atoms. The number of hydrogen-bond donors (Lipinski definition) is 2. The fourth-order valence-electron chi connectivity index (χ4n) is 9.89. The van der Waals surface area contributed by atoms with Crippen LogP contribution in [-0.4, -0.2) is 72.0 Å². The largest absolute Gasteiger partial charge is 0.457 e. The standard InChI is InChI=1S/C30H48N2O5/c1-9-16(2)27(35)31-25-23(34)15-29(6)22-12-13-28(5)20(17(3)32(7)8)10-11-21(28)19(22)14-24-30(29,37-24)26(25)36-18(4)33/h9,17,19-26,34H,10-15H2,1-8H3,(H,31,35). The Morgan fingerprint density at radius 3 is 2.49 bits per heavy atom. The lowest BCUT2D eigenvalue weighted by atomic mass is 9.43. The van der Waals surface area contributed by atoms with Crippen molar-refractivity contribution >= 4 is 11.9 Å². The van der Waals surface area contributed by atoms with Crippen LogP contribution in [0.4, 0.5) is 0 Å². The molecule has 2 N–H and O–H groups in total. The number of nitrogens with zero attached hydrogens (tertiary/aromatic N) is 1. The van der Waals surface area contributed by atoms with E-state index < -0.39 is 29.8 Å². The average Bonchev–Trinajstić information content (AvgIpc) is 3.46. The predicted molar refractivity (Wildman–Crippen MR) is 142 cm³/mol. The maximum atomic E-state index is 12.8. The maximum Gasteiger partial charge on any atom is 0.303 e. The molecule has 0 aromatic heterocycles. The number of esters is 1. The number of nitrogens with one attached hydrogen (secondary N) is 1. The van der Waals surface area contributed by atoms with Crippen LogP contribution in [0.1, 0.15) is 80.1 Å². The number of carbonyl (C=O) groups excluding carboxylic acids is 2. The highest BCUT2D eigenvalue weighted by Crippen LogP contribution is 2.74. The van der Waals surface area contributed by atoms with Crippen molar-refractivity contribution in [2.45, 2.75) is 116 Å². The van der Waals surface area contributed by atoms with E-state index in [2.05, 4.69) is 45.1 Å². The Hall–Kier alpha value is -1.44. The second-order valence-corrected chi connectivity index (χ2v) is 13.6. The first-order valence-electron chi connectivity index (χ1n) is 14.4. The zero-order chi connectivity index (χ0) is 27.1. The van der Waals surface area contributed by atoms with E-state index >= 15 is 0 Å². The van der Waals surface area contributed by atoms with Crippen LogP contribution in [0.15, 0.2) is 11.6 Å². The third kappa shape index (κ3) is 3.77. The molecule has 0 radical (unpaired) electrons. The first-order chi connectivity index (χ1) is 17.3. The first-order valence-corrected chi connectivity index (χ1v) is 14.4. The van der Waals surface area contributed by atoms with Crippen molar-refractivity contribution in [3.8, 4) is 0 Å². The number of epoxide rings is 1. The molecule has 1 amide bonds. The number of hydrogen-bond acceptors (Lipinski definition) is 6. The van der Waals surface area contributed by atoms with Gasteiger partial charge in [0.15, 0.2) is 6.10 Å². The molecule has 37 heavy (non-hydrogen) atoms. The highest BCUT2D eigenvalue weighted by Gasteiger charge is 2.81. The van der Waals surface area contributed by atoms with Gasteiger partial charge in [0.2, 0.25) is 5.91 Å². The Bertz CT molecular complexity index is 981. The summed E-state index contributed by atoms with van der Waals surface area (Å²) in [6, 6.07) is -0.136. The summed E-state index contributed by atoms with van der Waals surface area (Å²) in [6.07, 6.45) is 6.58. The molecule has 5 aliphatic rings. The number of allylic oxidation sites excluding steroid dienone is 1. The summed E-state index contributed by atoms with van der Waals surface area (Å²) in [5.41, 5.74) is -0.0716. The van der Waals surface area contributed by atoms with Gasteiger partial charge in [0.25, 0.3) is 0 Å². The smallest absolute Gasteiger partial charge is 0.303 e. The molecule has 4 saturated carbocycles. The number of ether oxygens (including phenoxy) is 2. The number of rotatable bonds is 5. The van der Waals surface area contributed by atoms with E-state index in [1.165, 1.54) is 26.2 Å². The average molecular weight is 517 g/mol. The van der Waals surface area contributed by atoms with Gasteiger partial charge in [-0.1, -0.05) is 19.9 Å². The van der Waals surface area contributed by atoms with Gasteiger partial charge in [0.05, 0.1) is 18.2 Å². The maximum absolute atomic E-state index is 12.8. The molecule has 5 fully saturated rings. The highest BCUT2D eigenvalue weighted by molar-refractivity contribution is 5.93. The lowest BCUT2D eigenvalue weighted by Gasteiger charge is -2.61. The van der Waals surface area contributed by atoms with Crippen LogP contribution in [0.2, 0.25) is 0 Å². The summed E-state index contributed by atoms with van der Waals surface area (Å²) in [6.45, 7) is 12.2. The number of carbonyl (C=O) groups is 2. The minimum absolute atomic E-state index is 0.00881. The van der Waals surface area contributed by atoms with Gasteiger partial charge in [-0.05, 0) is 102 Å². The molecular weight excluding hydrogens is 468 g/mol. The molecule has 7 heteroatoms. The van der Waals surface area contributed by atoms with E-state index in [4.69, 9.17) is 9.47 Å². The van der Waals surface area contributed by atoms with Crippen LogP contribution in [0.3, 0.4) is 0 Å². The van der Waals surface area contributed by atoms with Crippen molar-refractivity contribution in [1.29, 1.82) is 0 Å². The molecule has 4 aliphatic carbocycles. The zero-order valence-electron chi connectivity index (χ0n) is 24.0. The van der Waals surface area contributed by atoms with E-state index in [1.54, 1.807) is 13.0 Å². The minimum atomic E-state index is -0.810. The lowest BCUT2D eigenvalue weighted by Crippen LogP contribution is -2.71. The normalized spacial score (nSPS) is 49.3. The molecule has 1 aliphatic heterocycles. The fourth-order valence-corrected chi connectivity index (χ4v) is 9.89. The molecule has 1 spiro atoms. The van der Waals surface area contributed by atoms with Crippen LogP contribution >= 0.6 is 0 Å². The van der Waals surface area contributed by atoms with E-state index in [0.29, 0.717) is 47.1 Å². The van der Waals surface area contributed by atoms with Gasteiger partial charge >= 0.3 is 5.97 Å². The Labute approximate surface area is 222 Å². The van der Waals surface area contributed by atoms with E-state index in [9.17, 15) is 14.7 Å². The van der Waals surface area contributed by atoms with E-state index in [1.807, 2.05) is 6.92 Å². The summed E-state index contributed by atoms with van der Waals surface area (Å²) in [4.78, 5) is 27.5. The third-order valence-corrected chi connectivity index (χ3v) is 12.0. The first kappa shape index (κ1) is 27.1. The van der Waals surface area contributed by atoms with Crippen molar-refractivity contribution < 1.29 is 24.2 Å². The third-order valence-electron chi connectivity index (χ3n) is 12.0. The van der Waals surface area contributed by atoms with Gasteiger partial charge in [0, 0.05) is 24.0 Å². The van der Waals surface area contributed by atoms with Crippen molar-refractivity contribution in [3.63, 3.8) is 0 Å². The molecular formula is C30H48N2O5. The second-order valence-electron chi connectivity index (χ2n) is 13.6. The summed E-state index contributed by atoms with van der Waals surface area (Å²) >= 11 is 0. The van der Waals surface area contributed by atoms with Crippen LogP contribution in [0.5, 0.6) is 0 Å². The molecule has 12 atom stereocenters. The lowest BCUT2D eigenvalue weighted by molar-refractivity contribution is -0.192. The Kier molecular flexibility index (Phi) is 6.64. The SMILES string of the molecule is CC=C(C)C(=O)NC1C(O)CC2(C)C3CCC4(C)C(CCC4C(C)N(C)C)C3CC3OC32C1OC(C)=O.